The first kappa shape index (κ1) is 19.7. The number of amides is 2. The molecule has 28 heavy (non-hydrogen) atoms. The van der Waals surface area contributed by atoms with Crippen LogP contribution in [0.2, 0.25) is 0 Å². The van der Waals surface area contributed by atoms with Gasteiger partial charge in [-0.15, -0.1) is 0 Å². The third-order valence-electron chi connectivity index (χ3n) is 4.46. The minimum absolute atomic E-state index is 0.0155. The molecule has 0 atom stereocenters. The van der Waals surface area contributed by atoms with Crippen molar-refractivity contribution >= 4 is 17.6 Å². The van der Waals surface area contributed by atoms with Crippen LogP contribution in [0, 0.1) is 5.41 Å². The molecule has 1 aliphatic carbocycles. The number of hydrogen-bond acceptors (Lipinski definition) is 4. The van der Waals surface area contributed by atoms with E-state index in [1.807, 2.05) is 6.92 Å². The van der Waals surface area contributed by atoms with Crippen molar-refractivity contribution < 1.29 is 23.1 Å². The number of nitrogens with one attached hydrogen (secondary N) is 2. The Morgan fingerprint density at radius 3 is 2.68 bits per heavy atom. The summed E-state index contributed by atoms with van der Waals surface area (Å²) < 4.78 is 30.4. The first-order valence-electron chi connectivity index (χ1n) is 8.86. The zero-order chi connectivity index (χ0) is 20.4. The van der Waals surface area contributed by atoms with E-state index in [4.69, 9.17) is 0 Å². The maximum Gasteiger partial charge on any atom is 0.394 e. The van der Waals surface area contributed by atoms with Gasteiger partial charge in [0.2, 0.25) is 5.91 Å². The number of rotatable bonds is 7. The molecule has 2 N–H and O–H groups in total. The molecule has 0 bridgehead atoms. The van der Waals surface area contributed by atoms with Crippen LogP contribution in [0.5, 0.6) is 5.75 Å². The lowest BCUT2D eigenvalue weighted by atomic mass is 10.1. The van der Waals surface area contributed by atoms with Gasteiger partial charge in [0, 0.05) is 30.6 Å². The fourth-order valence-electron chi connectivity index (χ4n) is 2.53. The number of ether oxygens (including phenoxy) is 1. The standard InChI is InChI=1S/C20H21F2N3O3/c1-19(7-8-19)18(27)25-16-11-14(6-9-23-16)17(26)24-12-13-4-3-5-15(10-13)28-20(2,21)22/h3-6,9-11H,7-8,12H2,1-2H3,(H,24,26)(H,23,25,27). The summed E-state index contributed by atoms with van der Waals surface area (Å²) in [5.74, 6) is -0.155. The lowest BCUT2D eigenvalue weighted by molar-refractivity contribution is -0.159. The van der Waals surface area contributed by atoms with E-state index >= 15 is 0 Å². The third kappa shape index (κ3) is 5.25. The van der Waals surface area contributed by atoms with Gasteiger partial charge in [-0.1, -0.05) is 19.1 Å². The van der Waals surface area contributed by atoms with Crippen molar-refractivity contribution in [2.75, 3.05) is 5.32 Å². The van der Waals surface area contributed by atoms with E-state index in [-0.39, 0.29) is 29.5 Å². The average Bonchev–Trinajstić information content (AvgIpc) is 3.38. The van der Waals surface area contributed by atoms with Crippen LogP contribution >= 0.6 is 0 Å². The molecular weight excluding hydrogens is 368 g/mol. The molecule has 1 heterocycles. The fourth-order valence-corrected chi connectivity index (χ4v) is 2.53. The van der Waals surface area contributed by atoms with Gasteiger partial charge in [0.25, 0.3) is 5.91 Å². The summed E-state index contributed by atoms with van der Waals surface area (Å²) in [7, 11) is 0. The zero-order valence-electron chi connectivity index (χ0n) is 15.6. The van der Waals surface area contributed by atoms with Crippen molar-refractivity contribution in [2.24, 2.45) is 5.41 Å². The van der Waals surface area contributed by atoms with Gasteiger partial charge in [-0.05, 0) is 42.7 Å². The van der Waals surface area contributed by atoms with Gasteiger partial charge in [0.1, 0.15) is 11.6 Å². The summed E-state index contributed by atoms with van der Waals surface area (Å²) in [6.07, 6.45) is -0.160. The van der Waals surface area contributed by atoms with E-state index in [1.165, 1.54) is 30.5 Å². The van der Waals surface area contributed by atoms with Crippen molar-refractivity contribution in [3.05, 3.63) is 53.7 Å². The Labute approximate surface area is 161 Å². The summed E-state index contributed by atoms with van der Waals surface area (Å²) >= 11 is 0. The molecule has 2 amide bonds. The molecule has 1 aliphatic rings. The molecule has 1 aromatic heterocycles. The Morgan fingerprint density at radius 1 is 1.25 bits per heavy atom. The molecular formula is C20H21F2N3O3. The van der Waals surface area contributed by atoms with Gasteiger partial charge in [-0.25, -0.2) is 4.98 Å². The summed E-state index contributed by atoms with van der Waals surface area (Å²) in [5.41, 5.74) is 0.598. The molecule has 0 unspecified atom stereocenters. The van der Waals surface area contributed by atoms with Crippen molar-refractivity contribution in [3.63, 3.8) is 0 Å². The highest BCUT2D eigenvalue weighted by Crippen LogP contribution is 2.45. The lowest BCUT2D eigenvalue weighted by Gasteiger charge is -2.14. The van der Waals surface area contributed by atoms with Gasteiger partial charge in [-0.2, -0.15) is 8.78 Å². The minimum atomic E-state index is -3.28. The first-order valence-corrected chi connectivity index (χ1v) is 8.86. The Hall–Kier alpha value is -3.03. The van der Waals surface area contributed by atoms with Crippen LogP contribution in [0.15, 0.2) is 42.6 Å². The fraction of sp³-hybridized carbons (Fsp3) is 0.350. The lowest BCUT2D eigenvalue weighted by Crippen LogP contribution is -2.24. The number of pyridine rings is 1. The molecule has 1 fully saturated rings. The predicted octanol–water partition coefficient (Wildman–Crippen LogP) is 3.74. The van der Waals surface area contributed by atoms with Gasteiger partial charge in [-0.3, -0.25) is 9.59 Å². The molecule has 0 spiro atoms. The van der Waals surface area contributed by atoms with Crippen molar-refractivity contribution in [2.45, 2.75) is 39.3 Å². The summed E-state index contributed by atoms with van der Waals surface area (Å²) in [5, 5.41) is 5.43. The van der Waals surface area contributed by atoms with E-state index in [9.17, 15) is 18.4 Å². The van der Waals surface area contributed by atoms with Crippen molar-refractivity contribution in [3.8, 4) is 5.75 Å². The Bertz CT molecular complexity index is 892. The molecule has 0 aliphatic heterocycles. The molecule has 0 saturated heterocycles. The van der Waals surface area contributed by atoms with E-state index < -0.39 is 6.11 Å². The number of hydrogen-bond donors (Lipinski definition) is 2. The second-order valence-electron chi connectivity index (χ2n) is 7.18. The summed E-state index contributed by atoms with van der Waals surface area (Å²) in [4.78, 5) is 28.5. The van der Waals surface area contributed by atoms with Gasteiger partial charge in [0.15, 0.2) is 0 Å². The number of alkyl halides is 2. The van der Waals surface area contributed by atoms with Crippen LogP contribution < -0.4 is 15.4 Å². The van der Waals surface area contributed by atoms with Crippen molar-refractivity contribution in [1.82, 2.24) is 10.3 Å². The SMILES string of the molecule is CC(F)(F)Oc1cccc(CNC(=O)c2ccnc(NC(=O)C3(C)CC3)c2)c1. The third-order valence-corrected chi connectivity index (χ3v) is 4.46. The number of carbonyl (C=O) groups excluding carboxylic acids is 2. The minimum Gasteiger partial charge on any atom is -0.433 e. The number of nitrogens with zero attached hydrogens (tertiary/aromatic N) is 1. The van der Waals surface area contributed by atoms with Crippen LogP contribution in [0.25, 0.3) is 0 Å². The molecule has 1 saturated carbocycles. The van der Waals surface area contributed by atoms with Crippen LogP contribution in [-0.4, -0.2) is 22.9 Å². The topological polar surface area (TPSA) is 80.3 Å². The van der Waals surface area contributed by atoms with Crippen LogP contribution in [0.3, 0.4) is 0 Å². The molecule has 2 aromatic rings. The quantitative estimate of drug-likeness (QED) is 0.756. The molecule has 0 radical (unpaired) electrons. The monoisotopic (exact) mass is 389 g/mol. The number of halogens is 2. The highest BCUT2D eigenvalue weighted by molar-refractivity contribution is 5.98. The number of aromatic nitrogens is 1. The number of benzene rings is 1. The largest absolute Gasteiger partial charge is 0.433 e. The van der Waals surface area contributed by atoms with Gasteiger partial charge >= 0.3 is 6.11 Å². The van der Waals surface area contributed by atoms with Crippen LogP contribution in [0.4, 0.5) is 14.6 Å². The molecule has 3 rings (SSSR count). The average molecular weight is 389 g/mol. The Morgan fingerprint density at radius 2 is 2.00 bits per heavy atom. The van der Waals surface area contributed by atoms with Gasteiger partial charge < -0.3 is 15.4 Å². The van der Waals surface area contributed by atoms with Crippen LogP contribution in [0.1, 0.15) is 42.6 Å². The van der Waals surface area contributed by atoms with Gasteiger partial charge in [0.05, 0.1) is 0 Å². The molecule has 6 nitrogen and oxygen atoms in total. The predicted molar refractivity (Wildman–Crippen MR) is 99.1 cm³/mol. The highest BCUT2D eigenvalue weighted by atomic mass is 19.3. The maximum absolute atomic E-state index is 13.0. The van der Waals surface area contributed by atoms with Crippen molar-refractivity contribution in [1.29, 1.82) is 0 Å². The normalized spacial score (nSPS) is 14.9. The second-order valence-corrected chi connectivity index (χ2v) is 7.18. The summed E-state index contributed by atoms with van der Waals surface area (Å²) in [6, 6.07) is 9.14. The second kappa shape index (κ2) is 7.53. The summed E-state index contributed by atoms with van der Waals surface area (Å²) in [6.45, 7) is 2.67. The Balaban J connectivity index is 1.60. The first-order chi connectivity index (χ1) is 13.1. The highest BCUT2D eigenvalue weighted by Gasteiger charge is 2.45. The molecule has 148 valence electrons. The Kier molecular flexibility index (Phi) is 5.31. The van der Waals surface area contributed by atoms with E-state index in [0.717, 1.165) is 12.8 Å². The zero-order valence-corrected chi connectivity index (χ0v) is 15.6. The van der Waals surface area contributed by atoms with E-state index in [2.05, 4.69) is 20.4 Å². The van der Waals surface area contributed by atoms with E-state index in [0.29, 0.717) is 23.9 Å². The van der Waals surface area contributed by atoms with Crippen LogP contribution in [-0.2, 0) is 11.3 Å². The number of anilines is 1. The number of carbonyl (C=O) groups is 2. The molecule has 8 heteroatoms. The van der Waals surface area contributed by atoms with E-state index in [1.54, 1.807) is 12.1 Å². The maximum atomic E-state index is 13.0. The smallest absolute Gasteiger partial charge is 0.394 e. The molecule has 1 aromatic carbocycles.